The van der Waals surface area contributed by atoms with Crippen LogP contribution in [0.4, 0.5) is 13.2 Å². The van der Waals surface area contributed by atoms with E-state index in [1.54, 1.807) is 60.7 Å². The number of hydrogen-bond donors (Lipinski definition) is 2. The molecule has 0 saturated carbocycles. The zero-order valence-electron chi connectivity index (χ0n) is 12.1. The van der Waals surface area contributed by atoms with Crippen LogP contribution in [0.1, 0.15) is 17.0 Å². The minimum Gasteiger partial charge on any atom is -0.480 e. The Bertz CT molecular complexity index is 590. The summed E-state index contributed by atoms with van der Waals surface area (Å²) >= 11 is 0. The lowest BCUT2D eigenvalue weighted by molar-refractivity contribution is -0.143. The van der Waals surface area contributed by atoms with E-state index in [4.69, 9.17) is 0 Å². The molecule has 0 aliphatic carbocycles. The molecule has 0 radical (unpaired) electrons. The zero-order chi connectivity index (χ0) is 16.9. The quantitative estimate of drug-likeness (QED) is 0.856. The van der Waals surface area contributed by atoms with E-state index in [0.717, 1.165) is 0 Å². The van der Waals surface area contributed by atoms with Crippen molar-refractivity contribution in [2.24, 2.45) is 0 Å². The van der Waals surface area contributed by atoms with Gasteiger partial charge in [-0.1, -0.05) is 60.7 Å². The third-order valence-corrected chi connectivity index (χ3v) is 3.44. The standard InChI is InChI=1S/C17H16F3NO2/c18-17(19,20)11-21-15(16(22)23)14(12-7-3-1-4-8-12)13-9-5-2-6-10-13/h1-10,14-15,21H,11H2,(H,22,23)/t15-/m0/s1. The van der Waals surface area contributed by atoms with E-state index in [0.29, 0.717) is 11.1 Å². The van der Waals surface area contributed by atoms with E-state index in [9.17, 15) is 23.1 Å². The Morgan fingerprint density at radius 1 is 0.957 bits per heavy atom. The van der Waals surface area contributed by atoms with Crippen molar-refractivity contribution in [3.63, 3.8) is 0 Å². The predicted octanol–water partition coefficient (Wildman–Crippen LogP) is 3.42. The fourth-order valence-corrected chi connectivity index (χ4v) is 2.47. The Balaban J connectivity index is 2.40. The molecule has 122 valence electrons. The summed E-state index contributed by atoms with van der Waals surface area (Å²) < 4.78 is 37.5. The summed E-state index contributed by atoms with van der Waals surface area (Å²) in [6, 6.07) is 15.9. The van der Waals surface area contributed by atoms with E-state index >= 15 is 0 Å². The smallest absolute Gasteiger partial charge is 0.401 e. The van der Waals surface area contributed by atoms with E-state index < -0.39 is 30.7 Å². The molecule has 0 aliphatic heterocycles. The second-order valence-electron chi connectivity index (χ2n) is 5.11. The highest BCUT2D eigenvalue weighted by Gasteiger charge is 2.35. The molecule has 6 heteroatoms. The fourth-order valence-electron chi connectivity index (χ4n) is 2.47. The number of carbonyl (C=O) groups is 1. The van der Waals surface area contributed by atoms with E-state index in [1.165, 1.54) is 0 Å². The van der Waals surface area contributed by atoms with Crippen molar-refractivity contribution in [3.8, 4) is 0 Å². The van der Waals surface area contributed by atoms with Gasteiger partial charge in [-0.3, -0.25) is 10.1 Å². The summed E-state index contributed by atoms with van der Waals surface area (Å²) in [4.78, 5) is 11.6. The molecule has 0 spiro atoms. The van der Waals surface area contributed by atoms with Crippen LogP contribution >= 0.6 is 0 Å². The van der Waals surface area contributed by atoms with E-state index in [-0.39, 0.29) is 0 Å². The zero-order valence-corrected chi connectivity index (χ0v) is 12.1. The average molecular weight is 323 g/mol. The molecule has 2 rings (SSSR count). The van der Waals surface area contributed by atoms with Gasteiger partial charge in [-0.15, -0.1) is 0 Å². The van der Waals surface area contributed by atoms with Crippen LogP contribution in [-0.2, 0) is 4.79 Å². The van der Waals surface area contributed by atoms with Gasteiger partial charge in [0.25, 0.3) is 0 Å². The Morgan fingerprint density at radius 2 is 1.39 bits per heavy atom. The summed E-state index contributed by atoms with van der Waals surface area (Å²) in [7, 11) is 0. The highest BCUT2D eigenvalue weighted by molar-refractivity contribution is 5.76. The Hall–Kier alpha value is -2.34. The third-order valence-electron chi connectivity index (χ3n) is 3.44. The van der Waals surface area contributed by atoms with Crippen molar-refractivity contribution in [1.82, 2.24) is 5.32 Å². The van der Waals surface area contributed by atoms with Crippen molar-refractivity contribution < 1.29 is 23.1 Å². The number of alkyl halides is 3. The van der Waals surface area contributed by atoms with Gasteiger partial charge in [-0.25, -0.2) is 0 Å². The maximum Gasteiger partial charge on any atom is 0.401 e. The first-order valence-corrected chi connectivity index (χ1v) is 7.01. The lowest BCUT2D eigenvalue weighted by Crippen LogP contribution is -2.46. The summed E-state index contributed by atoms with van der Waals surface area (Å²) in [5, 5.41) is 11.6. The Morgan fingerprint density at radius 3 is 1.74 bits per heavy atom. The Kier molecular flexibility index (Phi) is 5.39. The number of hydrogen-bond acceptors (Lipinski definition) is 2. The van der Waals surface area contributed by atoms with Gasteiger partial charge in [-0.2, -0.15) is 13.2 Å². The first-order valence-electron chi connectivity index (χ1n) is 7.01. The summed E-state index contributed by atoms with van der Waals surface area (Å²) in [6.45, 7) is -1.36. The summed E-state index contributed by atoms with van der Waals surface area (Å²) in [5.41, 5.74) is 1.28. The SMILES string of the molecule is O=C(O)[C@@H](NCC(F)(F)F)C(c1ccccc1)c1ccccc1. The van der Waals surface area contributed by atoms with Crippen molar-refractivity contribution in [3.05, 3.63) is 71.8 Å². The maximum absolute atomic E-state index is 12.5. The lowest BCUT2D eigenvalue weighted by atomic mass is 9.85. The monoisotopic (exact) mass is 323 g/mol. The van der Waals surface area contributed by atoms with E-state index in [2.05, 4.69) is 5.32 Å². The first kappa shape index (κ1) is 17.0. The van der Waals surface area contributed by atoms with Crippen LogP contribution in [0.25, 0.3) is 0 Å². The van der Waals surface area contributed by atoms with Crippen LogP contribution < -0.4 is 5.32 Å². The van der Waals surface area contributed by atoms with Crippen LogP contribution in [0.3, 0.4) is 0 Å². The Labute approximate surface area is 131 Å². The highest BCUT2D eigenvalue weighted by Crippen LogP contribution is 2.29. The molecule has 1 atom stereocenters. The summed E-state index contributed by atoms with van der Waals surface area (Å²) in [5.74, 6) is -2.05. The molecule has 3 nitrogen and oxygen atoms in total. The topological polar surface area (TPSA) is 49.3 Å². The normalized spacial score (nSPS) is 13.0. The van der Waals surface area contributed by atoms with Gasteiger partial charge >= 0.3 is 12.1 Å². The molecular weight excluding hydrogens is 307 g/mol. The van der Waals surface area contributed by atoms with Gasteiger partial charge in [0.15, 0.2) is 0 Å². The first-order chi connectivity index (χ1) is 10.9. The molecule has 0 amide bonds. The van der Waals surface area contributed by atoms with Crippen molar-refractivity contribution in [2.75, 3.05) is 6.54 Å². The number of carboxylic acid groups (broad SMARTS) is 1. The number of aliphatic carboxylic acids is 1. The largest absolute Gasteiger partial charge is 0.480 e. The van der Waals surface area contributed by atoms with Gasteiger partial charge in [-0.05, 0) is 11.1 Å². The minimum atomic E-state index is -4.48. The number of benzene rings is 2. The molecule has 0 aliphatic rings. The van der Waals surface area contributed by atoms with Gasteiger partial charge in [0.05, 0.1) is 6.54 Å². The second kappa shape index (κ2) is 7.28. The van der Waals surface area contributed by atoms with Crippen LogP contribution in [-0.4, -0.2) is 29.8 Å². The molecule has 0 fully saturated rings. The van der Waals surface area contributed by atoms with Crippen LogP contribution in [0.2, 0.25) is 0 Å². The molecule has 0 bridgehead atoms. The lowest BCUT2D eigenvalue weighted by Gasteiger charge is -2.26. The summed E-state index contributed by atoms with van der Waals surface area (Å²) in [6.07, 6.45) is -4.48. The van der Waals surface area contributed by atoms with Crippen LogP contribution in [0.15, 0.2) is 60.7 Å². The molecule has 0 aromatic heterocycles. The maximum atomic E-state index is 12.5. The van der Waals surface area contributed by atoms with Crippen LogP contribution in [0.5, 0.6) is 0 Å². The predicted molar refractivity (Wildman–Crippen MR) is 80.2 cm³/mol. The molecule has 0 heterocycles. The van der Waals surface area contributed by atoms with Gasteiger partial charge in [0.2, 0.25) is 0 Å². The molecule has 2 aromatic rings. The van der Waals surface area contributed by atoms with E-state index in [1.807, 2.05) is 0 Å². The van der Waals surface area contributed by atoms with Crippen molar-refractivity contribution in [1.29, 1.82) is 0 Å². The number of rotatable bonds is 6. The molecule has 2 aromatic carbocycles. The minimum absolute atomic E-state index is 0.640. The number of halogens is 3. The van der Waals surface area contributed by atoms with Gasteiger partial charge < -0.3 is 5.11 Å². The molecule has 0 unspecified atom stereocenters. The molecule has 23 heavy (non-hydrogen) atoms. The van der Waals surface area contributed by atoms with Crippen LogP contribution in [0, 0.1) is 0 Å². The third kappa shape index (κ3) is 4.82. The fraction of sp³-hybridized carbons (Fsp3) is 0.235. The molecular formula is C17H16F3NO2. The number of nitrogens with one attached hydrogen (secondary N) is 1. The average Bonchev–Trinajstić information content (AvgIpc) is 2.52. The highest BCUT2D eigenvalue weighted by atomic mass is 19.4. The molecule has 2 N–H and O–H groups in total. The van der Waals surface area contributed by atoms with Crippen molar-refractivity contribution in [2.45, 2.75) is 18.1 Å². The van der Waals surface area contributed by atoms with Crippen molar-refractivity contribution >= 4 is 5.97 Å². The van der Waals surface area contributed by atoms with Gasteiger partial charge in [0.1, 0.15) is 6.04 Å². The second-order valence-corrected chi connectivity index (χ2v) is 5.11. The number of carboxylic acids is 1. The van der Waals surface area contributed by atoms with Gasteiger partial charge in [0, 0.05) is 5.92 Å². The molecule has 0 saturated heterocycles.